The summed E-state index contributed by atoms with van der Waals surface area (Å²) < 4.78 is 27.3. The highest BCUT2D eigenvalue weighted by Gasteiger charge is 2.37. The highest BCUT2D eigenvalue weighted by molar-refractivity contribution is 5.88. The quantitative estimate of drug-likeness (QED) is 0.771. The number of benzene rings is 1. The lowest BCUT2D eigenvalue weighted by Crippen LogP contribution is -2.48. The maximum Gasteiger partial charge on any atom is 0.335 e. The topological polar surface area (TPSA) is 69.6 Å². The number of hydrogen-bond donors (Lipinski definition) is 3. The molecule has 0 radical (unpaired) electrons. The zero-order valence-corrected chi connectivity index (χ0v) is 9.54. The van der Waals surface area contributed by atoms with Crippen molar-refractivity contribution in [3.63, 3.8) is 0 Å². The number of hydrogen-bond acceptors (Lipinski definition) is 3. The molecule has 0 aliphatic heterocycles. The van der Waals surface area contributed by atoms with Gasteiger partial charge in [0.15, 0.2) is 0 Å². The molecule has 0 saturated heterocycles. The van der Waals surface area contributed by atoms with Crippen molar-refractivity contribution in [1.29, 1.82) is 0 Å². The molecule has 18 heavy (non-hydrogen) atoms. The van der Waals surface area contributed by atoms with Gasteiger partial charge in [-0.1, -0.05) is 0 Å². The normalized spacial score (nSPS) is 17.1. The second-order valence-electron chi connectivity index (χ2n) is 4.54. The van der Waals surface area contributed by atoms with Crippen LogP contribution in [0.4, 0.5) is 14.5 Å². The molecule has 4 nitrogen and oxygen atoms in total. The van der Waals surface area contributed by atoms with Crippen molar-refractivity contribution in [3.05, 3.63) is 29.3 Å². The Labute approximate surface area is 102 Å². The maximum atomic E-state index is 13.7. The molecule has 1 aliphatic rings. The predicted molar refractivity (Wildman–Crippen MR) is 60.6 cm³/mol. The van der Waals surface area contributed by atoms with Crippen LogP contribution in [0.15, 0.2) is 12.1 Å². The number of nitrogens with one attached hydrogen (secondary N) is 1. The van der Waals surface area contributed by atoms with Gasteiger partial charge in [0.05, 0.1) is 17.7 Å². The number of halogens is 2. The first-order chi connectivity index (χ1) is 8.47. The largest absolute Gasteiger partial charge is 0.478 e. The summed E-state index contributed by atoms with van der Waals surface area (Å²) in [5, 5.41) is 20.5. The standard InChI is InChI=1S/C12H13F2NO3/c13-8-4-7(11(17)18)5-9(14)10(8)15-12(6-16)2-1-3-12/h4-5,15-16H,1-3,6H2,(H,17,18). The molecule has 3 N–H and O–H groups in total. The van der Waals surface area contributed by atoms with Gasteiger partial charge < -0.3 is 15.5 Å². The van der Waals surface area contributed by atoms with Crippen LogP contribution in [0.5, 0.6) is 0 Å². The van der Waals surface area contributed by atoms with Crippen molar-refractivity contribution < 1.29 is 23.8 Å². The molecule has 0 amide bonds. The van der Waals surface area contributed by atoms with Crippen LogP contribution >= 0.6 is 0 Å². The SMILES string of the molecule is O=C(O)c1cc(F)c(NC2(CO)CCC2)c(F)c1. The van der Waals surface area contributed by atoms with Crippen LogP contribution in [0.2, 0.25) is 0 Å². The third-order valence-corrected chi connectivity index (χ3v) is 3.29. The third-order valence-electron chi connectivity index (χ3n) is 3.29. The Balaban J connectivity index is 2.31. The number of rotatable bonds is 4. The van der Waals surface area contributed by atoms with Crippen molar-refractivity contribution in [2.45, 2.75) is 24.8 Å². The molecule has 1 saturated carbocycles. The van der Waals surface area contributed by atoms with Gasteiger partial charge in [-0.05, 0) is 31.4 Å². The first-order valence-electron chi connectivity index (χ1n) is 5.59. The van der Waals surface area contributed by atoms with E-state index in [2.05, 4.69) is 5.32 Å². The number of aliphatic hydroxyl groups is 1. The number of carboxylic acids is 1. The molecule has 1 aliphatic carbocycles. The van der Waals surface area contributed by atoms with Crippen LogP contribution in [-0.2, 0) is 0 Å². The van der Waals surface area contributed by atoms with Gasteiger partial charge in [-0.25, -0.2) is 13.6 Å². The summed E-state index contributed by atoms with van der Waals surface area (Å²) in [5.74, 6) is -3.32. The van der Waals surface area contributed by atoms with E-state index in [4.69, 9.17) is 5.11 Å². The number of aliphatic hydroxyl groups excluding tert-OH is 1. The zero-order valence-electron chi connectivity index (χ0n) is 9.54. The average molecular weight is 257 g/mol. The Morgan fingerprint density at radius 1 is 1.33 bits per heavy atom. The summed E-state index contributed by atoms with van der Waals surface area (Å²) >= 11 is 0. The highest BCUT2D eigenvalue weighted by Crippen LogP contribution is 2.36. The predicted octanol–water partition coefficient (Wildman–Crippen LogP) is 1.99. The molecule has 0 aromatic heterocycles. The van der Waals surface area contributed by atoms with Gasteiger partial charge in [0.25, 0.3) is 0 Å². The molecule has 2 rings (SSSR count). The van der Waals surface area contributed by atoms with E-state index in [1.54, 1.807) is 0 Å². The first kappa shape index (κ1) is 12.8. The van der Waals surface area contributed by atoms with Crippen LogP contribution in [0.25, 0.3) is 0 Å². The van der Waals surface area contributed by atoms with Crippen LogP contribution in [0, 0.1) is 11.6 Å². The van der Waals surface area contributed by atoms with Crippen molar-refractivity contribution in [2.24, 2.45) is 0 Å². The summed E-state index contributed by atoms with van der Waals surface area (Å²) in [6.07, 6.45) is 2.14. The molecule has 6 heteroatoms. The van der Waals surface area contributed by atoms with Crippen molar-refractivity contribution >= 4 is 11.7 Å². The summed E-state index contributed by atoms with van der Waals surface area (Å²) in [6.45, 7) is -0.216. The lowest BCUT2D eigenvalue weighted by atomic mass is 9.77. The van der Waals surface area contributed by atoms with Gasteiger partial charge in [-0.3, -0.25) is 0 Å². The number of carbonyl (C=O) groups is 1. The lowest BCUT2D eigenvalue weighted by molar-refractivity contribution is 0.0695. The molecule has 0 heterocycles. The Bertz CT molecular complexity index is 458. The maximum absolute atomic E-state index is 13.7. The summed E-state index contributed by atoms with van der Waals surface area (Å²) in [5.41, 5.74) is -1.51. The van der Waals surface area contributed by atoms with Gasteiger partial charge >= 0.3 is 5.97 Å². The molecule has 0 atom stereocenters. The van der Waals surface area contributed by atoms with E-state index in [9.17, 15) is 18.7 Å². The lowest BCUT2D eigenvalue weighted by Gasteiger charge is -2.41. The molecule has 0 unspecified atom stereocenters. The van der Waals surface area contributed by atoms with Crippen LogP contribution in [0.3, 0.4) is 0 Å². The fourth-order valence-electron chi connectivity index (χ4n) is 2.01. The first-order valence-corrected chi connectivity index (χ1v) is 5.59. The van der Waals surface area contributed by atoms with E-state index >= 15 is 0 Å². The fraction of sp³-hybridized carbons (Fsp3) is 0.417. The molecule has 1 fully saturated rings. The Morgan fingerprint density at radius 3 is 2.22 bits per heavy atom. The Morgan fingerprint density at radius 2 is 1.89 bits per heavy atom. The van der Waals surface area contributed by atoms with Crippen molar-refractivity contribution in [1.82, 2.24) is 0 Å². The highest BCUT2D eigenvalue weighted by atomic mass is 19.1. The summed E-state index contributed by atoms with van der Waals surface area (Å²) in [6, 6.07) is 1.52. The Kier molecular flexibility index (Phi) is 3.21. The molecule has 0 spiro atoms. The molecule has 1 aromatic rings. The van der Waals surface area contributed by atoms with Gasteiger partial charge in [0, 0.05) is 0 Å². The fourth-order valence-corrected chi connectivity index (χ4v) is 2.01. The minimum Gasteiger partial charge on any atom is -0.478 e. The zero-order chi connectivity index (χ0) is 13.3. The van der Waals surface area contributed by atoms with E-state index in [-0.39, 0.29) is 12.3 Å². The van der Waals surface area contributed by atoms with E-state index < -0.39 is 28.7 Å². The monoisotopic (exact) mass is 257 g/mol. The molecule has 1 aromatic carbocycles. The van der Waals surface area contributed by atoms with Gasteiger partial charge in [0.1, 0.15) is 17.3 Å². The number of aromatic carboxylic acids is 1. The van der Waals surface area contributed by atoms with Gasteiger partial charge in [-0.15, -0.1) is 0 Å². The molecule has 98 valence electrons. The Hall–Kier alpha value is -1.69. The summed E-state index contributed by atoms with van der Waals surface area (Å²) in [4.78, 5) is 10.6. The minimum absolute atomic E-state index is 0.216. The average Bonchev–Trinajstić information content (AvgIpc) is 2.26. The van der Waals surface area contributed by atoms with E-state index in [1.807, 2.05) is 0 Å². The van der Waals surface area contributed by atoms with E-state index in [1.165, 1.54) is 0 Å². The van der Waals surface area contributed by atoms with Crippen LogP contribution in [-0.4, -0.2) is 28.3 Å². The van der Waals surface area contributed by atoms with Crippen molar-refractivity contribution in [3.8, 4) is 0 Å². The third kappa shape index (κ3) is 2.15. The van der Waals surface area contributed by atoms with Crippen LogP contribution < -0.4 is 5.32 Å². The second-order valence-corrected chi connectivity index (χ2v) is 4.54. The number of anilines is 1. The minimum atomic E-state index is -1.39. The van der Waals surface area contributed by atoms with Crippen molar-refractivity contribution in [2.75, 3.05) is 11.9 Å². The van der Waals surface area contributed by atoms with E-state index in [0.717, 1.165) is 18.6 Å². The molecular weight excluding hydrogens is 244 g/mol. The van der Waals surface area contributed by atoms with Gasteiger partial charge in [-0.2, -0.15) is 0 Å². The molecule has 0 bridgehead atoms. The summed E-state index contributed by atoms with van der Waals surface area (Å²) in [7, 11) is 0. The smallest absolute Gasteiger partial charge is 0.335 e. The van der Waals surface area contributed by atoms with Crippen LogP contribution in [0.1, 0.15) is 29.6 Å². The van der Waals surface area contributed by atoms with Gasteiger partial charge in [0.2, 0.25) is 0 Å². The van der Waals surface area contributed by atoms with E-state index in [0.29, 0.717) is 12.8 Å². The second kappa shape index (κ2) is 4.53. The number of carboxylic acid groups (broad SMARTS) is 1. The molecular formula is C12H13F2NO3.